The van der Waals surface area contributed by atoms with Crippen LogP contribution in [0.5, 0.6) is 0 Å². The predicted octanol–water partition coefficient (Wildman–Crippen LogP) is 4.72. The lowest BCUT2D eigenvalue weighted by Gasteiger charge is -2.35. The molecule has 0 N–H and O–H groups in total. The van der Waals surface area contributed by atoms with E-state index in [4.69, 9.17) is 0 Å². The normalized spacial score (nSPS) is 19.7. The Balaban J connectivity index is 1.60. The van der Waals surface area contributed by atoms with Crippen LogP contribution in [0.25, 0.3) is 6.08 Å². The van der Waals surface area contributed by atoms with Crippen LogP contribution in [0.15, 0.2) is 47.4 Å². The zero-order valence-electron chi connectivity index (χ0n) is 17.5. The molecular formula is C23H23F4N3OS. The van der Waals surface area contributed by atoms with E-state index in [0.29, 0.717) is 22.9 Å². The fourth-order valence-corrected chi connectivity index (χ4v) is 4.76. The number of benzene rings is 2. The molecule has 4 rings (SSSR count). The molecule has 0 radical (unpaired) electrons. The Morgan fingerprint density at radius 3 is 2.31 bits per heavy atom. The number of rotatable bonds is 3. The van der Waals surface area contributed by atoms with Crippen molar-refractivity contribution in [2.24, 2.45) is 0 Å². The van der Waals surface area contributed by atoms with Gasteiger partial charge in [0, 0.05) is 49.9 Å². The predicted molar refractivity (Wildman–Crippen MR) is 120 cm³/mol. The van der Waals surface area contributed by atoms with Gasteiger partial charge in [0.2, 0.25) is 0 Å². The van der Waals surface area contributed by atoms with Crippen molar-refractivity contribution < 1.29 is 22.4 Å². The van der Waals surface area contributed by atoms with Crippen molar-refractivity contribution >= 4 is 35.1 Å². The van der Waals surface area contributed by atoms with Crippen LogP contribution in [-0.4, -0.2) is 56.3 Å². The first-order chi connectivity index (χ1) is 15.2. The molecule has 0 saturated carbocycles. The van der Waals surface area contributed by atoms with Gasteiger partial charge in [0.1, 0.15) is 5.82 Å². The molecule has 0 spiro atoms. The second-order valence-corrected chi connectivity index (χ2v) is 8.99. The fraction of sp³-hybridized carbons (Fsp3) is 0.348. The standard InChI is InChI=1S/C23H23F4N3OS/c1-28-8-10-29(11-9-28)20-15-18(24)5-2-16(20)14-21-22(31)30(12-13-32-21)19-6-3-17(4-7-19)23(25,26)27/h2-7,14-15H,8-13H2,1H3/b21-14+. The third kappa shape index (κ3) is 4.94. The highest BCUT2D eigenvalue weighted by Gasteiger charge is 2.31. The molecule has 0 aliphatic carbocycles. The Hall–Kier alpha value is -2.52. The van der Waals surface area contributed by atoms with E-state index in [9.17, 15) is 22.4 Å². The van der Waals surface area contributed by atoms with Crippen LogP contribution in [-0.2, 0) is 11.0 Å². The van der Waals surface area contributed by atoms with Gasteiger partial charge in [0.25, 0.3) is 5.91 Å². The van der Waals surface area contributed by atoms with Crippen LogP contribution >= 0.6 is 11.8 Å². The molecule has 9 heteroatoms. The van der Waals surface area contributed by atoms with Crippen molar-refractivity contribution in [3.63, 3.8) is 0 Å². The van der Waals surface area contributed by atoms with E-state index in [-0.39, 0.29) is 11.7 Å². The van der Waals surface area contributed by atoms with E-state index < -0.39 is 11.7 Å². The lowest BCUT2D eigenvalue weighted by atomic mass is 10.1. The number of anilines is 2. The molecule has 2 saturated heterocycles. The van der Waals surface area contributed by atoms with E-state index in [1.54, 1.807) is 12.1 Å². The topological polar surface area (TPSA) is 26.8 Å². The minimum absolute atomic E-state index is 0.269. The fourth-order valence-electron chi connectivity index (χ4n) is 3.82. The Kier molecular flexibility index (Phi) is 6.48. The van der Waals surface area contributed by atoms with E-state index in [1.807, 2.05) is 7.05 Å². The molecule has 1 amide bonds. The zero-order chi connectivity index (χ0) is 22.9. The van der Waals surface area contributed by atoms with Crippen molar-refractivity contribution in [1.29, 1.82) is 0 Å². The SMILES string of the molecule is CN1CCN(c2cc(F)ccc2/C=C2/SCCN(c3ccc(C(F)(F)F)cc3)C2=O)CC1. The minimum atomic E-state index is -4.42. The van der Waals surface area contributed by atoms with E-state index in [0.717, 1.165) is 49.6 Å². The number of likely N-dealkylation sites (N-methyl/N-ethyl adjacent to an activating group) is 1. The molecule has 2 aliphatic heterocycles. The largest absolute Gasteiger partial charge is 0.416 e. The molecule has 170 valence electrons. The number of thioether (sulfide) groups is 1. The van der Waals surface area contributed by atoms with Crippen molar-refractivity contribution in [2.45, 2.75) is 6.18 Å². The summed E-state index contributed by atoms with van der Waals surface area (Å²) in [5.41, 5.74) is 1.17. The monoisotopic (exact) mass is 465 g/mol. The van der Waals surface area contributed by atoms with Gasteiger partial charge in [-0.05, 0) is 61.2 Å². The lowest BCUT2D eigenvalue weighted by Crippen LogP contribution is -2.44. The van der Waals surface area contributed by atoms with Gasteiger partial charge < -0.3 is 14.7 Å². The molecule has 2 fully saturated rings. The summed E-state index contributed by atoms with van der Waals surface area (Å²) in [4.78, 5) is 19.4. The van der Waals surface area contributed by atoms with Crippen LogP contribution in [0.3, 0.4) is 0 Å². The summed E-state index contributed by atoms with van der Waals surface area (Å²) < 4.78 is 52.6. The molecule has 2 heterocycles. The summed E-state index contributed by atoms with van der Waals surface area (Å²) in [5.74, 6) is 0.00800. The number of piperazine rings is 1. The average molecular weight is 466 g/mol. The third-order valence-electron chi connectivity index (χ3n) is 5.66. The average Bonchev–Trinajstić information content (AvgIpc) is 2.76. The summed E-state index contributed by atoms with van der Waals surface area (Å²) >= 11 is 1.40. The van der Waals surface area contributed by atoms with Crippen LogP contribution in [0.4, 0.5) is 28.9 Å². The molecule has 4 nitrogen and oxygen atoms in total. The summed E-state index contributed by atoms with van der Waals surface area (Å²) in [5, 5.41) is 0. The first-order valence-corrected chi connectivity index (χ1v) is 11.3. The highest BCUT2D eigenvalue weighted by atomic mass is 32.2. The maximum atomic E-state index is 14.0. The quantitative estimate of drug-likeness (QED) is 0.484. The second kappa shape index (κ2) is 9.15. The van der Waals surface area contributed by atoms with Crippen LogP contribution in [0, 0.1) is 5.82 Å². The maximum absolute atomic E-state index is 14.0. The smallest absolute Gasteiger partial charge is 0.368 e. The van der Waals surface area contributed by atoms with Crippen LogP contribution < -0.4 is 9.80 Å². The van der Waals surface area contributed by atoms with Gasteiger partial charge in [-0.1, -0.05) is 0 Å². The first-order valence-electron chi connectivity index (χ1n) is 10.3. The van der Waals surface area contributed by atoms with Crippen molar-refractivity contribution in [2.75, 3.05) is 55.3 Å². The molecule has 0 atom stereocenters. The van der Waals surface area contributed by atoms with Gasteiger partial charge in [-0.3, -0.25) is 4.79 Å². The Bertz CT molecular complexity index is 1010. The molecule has 2 aromatic carbocycles. The maximum Gasteiger partial charge on any atom is 0.416 e. The van der Waals surface area contributed by atoms with Gasteiger partial charge in [-0.15, -0.1) is 11.8 Å². The third-order valence-corrected chi connectivity index (χ3v) is 6.65. The van der Waals surface area contributed by atoms with Crippen LogP contribution in [0.1, 0.15) is 11.1 Å². The molecule has 0 bridgehead atoms. The zero-order valence-corrected chi connectivity index (χ0v) is 18.3. The molecule has 0 aromatic heterocycles. The Morgan fingerprint density at radius 1 is 0.969 bits per heavy atom. The van der Waals surface area contributed by atoms with Gasteiger partial charge in [-0.25, -0.2) is 4.39 Å². The van der Waals surface area contributed by atoms with Gasteiger partial charge in [0.15, 0.2) is 0 Å². The molecule has 2 aliphatic rings. The number of carbonyl (C=O) groups is 1. The van der Waals surface area contributed by atoms with Crippen molar-refractivity contribution in [3.05, 3.63) is 64.3 Å². The number of hydrogen-bond donors (Lipinski definition) is 0. The van der Waals surface area contributed by atoms with Gasteiger partial charge in [0.05, 0.1) is 10.5 Å². The number of nitrogens with zero attached hydrogens (tertiary/aromatic N) is 3. The van der Waals surface area contributed by atoms with E-state index in [2.05, 4.69) is 9.80 Å². The number of halogens is 4. The van der Waals surface area contributed by atoms with Gasteiger partial charge in [-0.2, -0.15) is 13.2 Å². The molecule has 32 heavy (non-hydrogen) atoms. The van der Waals surface area contributed by atoms with Crippen LogP contribution in [0.2, 0.25) is 0 Å². The van der Waals surface area contributed by atoms with E-state index >= 15 is 0 Å². The molecular weight excluding hydrogens is 442 g/mol. The summed E-state index contributed by atoms with van der Waals surface area (Å²) in [7, 11) is 2.04. The Morgan fingerprint density at radius 2 is 1.66 bits per heavy atom. The van der Waals surface area contributed by atoms with Gasteiger partial charge >= 0.3 is 6.18 Å². The van der Waals surface area contributed by atoms with Crippen molar-refractivity contribution in [3.8, 4) is 0 Å². The molecule has 2 aromatic rings. The van der Waals surface area contributed by atoms with E-state index in [1.165, 1.54) is 40.9 Å². The minimum Gasteiger partial charge on any atom is -0.368 e. The summed E-state index contributed by atoms with van der Waals surface area (Å²) in [6.07, 6.45) is -2.66. The lowest BCUT2D eigenvalue weighted by molar-refractivity contribution is -0.137. The first kappa shape index (κ1) is 22.7. The summed E-state index contributed by atoms with van der Waals surface area (Å²) in [6.45, 7) is 3.65. The number of hydrogen-bond acceptors (Lipinski definition) is 4. The molecule has 0 unspecified atom stereocenters. The Labute approximate surface area is 188 Å². The summed E-state index contributed by atoms with van der Waals surface area (Å²) in [6, 6.07) is 9.14. The second-order valence-electron chi connectivity index (χ2n) is 7.85. The van der Waals surface area contributed by atoms with Crippen molar-refractivity contribution in [1.82, 2.24) is 4.90 Å². The number of amides is 1. The highest BCUT2D eigenvalue weighted by molar-refractivity contribution is 8.04. The highest BCUT2D eigenvalue weighted by Crippen LogP contribution is 2.34. The number of alkyl halides is 3. The number of carbonyl (C=O) groups excluding carboxylic acids is 1.